The summed E-state index contributed by atoms with van der Waals surface area (Å²) in [6.07, 6.45) is 1.30. The number of fused-ring (bicyclic) bond motifs is 1. The molecule has 6 nitrogen and oxygen atoms in total. The van der Waals surface area contributed by atoms with Crippen LogP contribution in [-0.4, -0.2) is 23.5 Å². The van der Waals surface area contributed by atoms with Gasteiger partial charge in [-0.1, -0.05) is 15.9 Å². The van der Waals surface area contributed by atoms with Crippen LogP contribution in [-0.2, 0) is 9.53 Å². The lowest BCUT2D eigenvalue weighted by molar-refractivity contribution is -0.119. The van der Waals surface area contributed by atoms with Crippen molar-refractivity contribution in [1.82, 2.24) is 4.98 Å². The third kappa shape index (κ3) is 3.75. The molecular formula is C16H11BrN2O4. The second-order valence-electron chi connectivity index (χ2n) is 4.67. The van der Waals surface area contributed by atoms with E-state index in [1.54, 1.807) is 36.4 Å². The molecule has 1 aromatic heterocycles. The number of hydrogen-bond acceptors (Lipinski definition) is 5. The van der Waals surface area contributed by atoms with E-state index in [9.17, 15) is 9.59 Å². The summed E-state index contributed by atoms with van der Waals surface area (Å²) in [6.45, 7) is -0.372. The Bertz CT molecular complexity index is 858. The number of anilines is 1. The molecule has 7 heteroatoms. The molecule has 0 aliphatic carbocycles. The van der Waals surface area contributed by atoms with Crippen LogP contribution in [0.4, 0.5) is 5.69 Å². The number of amides is 1. The van der Waals surface area contributed by atoms with Crippen LogP contribution >= 0.6 is 15.9 Å². The Balaban J connectivity index is 1.57. The van der Waals surface area contributed by atoms with Crippen molar-refractivity contribution in [2.45, 2.75) is 0 Å². The molecule has 2 aromatic carbocycles. The number of carbonyl (C=O) groups excluding carboxylic acids is 2. The van der Waals surface area contributed by atoms with Crippen LogP contribution < -0.4 is 5.32 Å². The normalized spacial score (nSPS) is 10.5. The maximum atomic E-state index is 11.9. The van der Waals surface area contributed by atoms with Crippen molar-refractivity contribution in [1.29, 1.82) is 0 Å². The molecule has 3 rings (SSSR count). The van der Waals surface area contributed by atoms with E-state index in [2.05, 4.69) is 26.2 Å². The Morgan fingerprint density at radius 1 is 1.17 bits per heavy atom. The van der Waals surface area contributed by atoms with E-state index in [-0.39, 0.29) is 6.61 Å². The molecule has 0 radical (unpaired) electrons. The van der Waals surface area contributed by atoms with E-state index in [0.717, 1.165) is 4.47 Å². The highest BCUT2D eigenvalue weighted by Gasteiger charge is 2.12. The Morgan fingerprint density at radius 3 is 2.74 bits per heavy atom. The fourth-order valence-corrected chi connectivity index (χ4v) is 2.19. The molecule has 0 saturated heterocycles. The average Bonchev–Trinajstić information content (AvgIpc) is 3.02. The van der Waals surface area contributed by atoms with Crippen molar-refractivity contribution in [3.8, 4) is 0 Å². The second kappa shape index (κ2) is 6.62. The van der Waals surface area contributed by atoms with E-state index >= 15 is 0 Å². The number of carbonyl (C=O) groups is 2. The minimum atomic E-state index is -0.603. The molecule has 1 N–H and O–H groups in total. The number of ether oxygens (including phenoxy) is 1. The summed E-state index contributed by atoms with van der Waals surface area (Å²) in [4.78, 5) is 27.7. The van der Waals surface area contributed by atoms with Crippen LogP contribution in [0.15, 0.2) is 57.7 Å². The lowest BCUT2D eigenvalue weighted by atomic mass is 10.2. The van der Waals surface area contributed by atoms with Crippen molar-refractivity contribution in [3.63, 3.8) is 0 Å². The smallest absolute Gasteiger partial charge is 0.338 e. The summed E-state index contributed by atoms with van der Waals surface area (Å²) in [7, 11) is 0. The number of benzene rings is 2. The first-order valence-corrected chi connectivity index (χ1v) is 7.47. The quantitative estimate of drug-likeness (QED) is 0.707. The molecule has 0 fully saturated rings. The lowest BCUT2D eigenvalue weighted by Crippen LogP contribution is -2.20. The molecule has 0 aliphatic heterocycles. The predicted octanol–water partition coefficient (Wildman–Crippen LogP) is 3.39. The monoisotopic (exact) mass is 374 g/mol. The second-order valence-corrected chi connectivity index (χ2v) is 5.58. The summed E-state index contributed by atoms with van der Waals surface area (Å²) < 4.78 is 11.0. The zero-order valence-corrected chi connectivity index (χ0v) is 13.4. The van der Waals surface area contributed by atoms with Gasteiger partial charge in [0.15, 0.2) is 18.6 Å². The van der Waals surface area contributed by atoms with Crippen molar-refractivity contribution in [3.05, 3.63) is 58.9 Å². The Morgan fingerprint density at radius 2 is 1.96 bits per heavy atom. The molecule has 3 aromatic rings. The van der Waals surface area contributed by atoms with E-state index in [0.29, 0.717) is 22.4 Å². The molecular weight excluding hydrogens is 364 g/mol. The average molecular weight is 375 g/mol. The molecule has 0 saturated carbocycles. The van der Waals surface area contributed by atoms with E-state index in [4.69, 9.17) is 9.15 Å². The topological polar surface area (TPSA) is 81.4 Å². The zero-order valence-electron chi connectivity index (χ0n) is 11.8. The number of nitrogens with zero attached hydrogens (tertiary/aromatic N) is 1. The van der Waals surface area contributed by atoms with E-state index in [1.807, 2.05) is 0 Å². The van der Waals surface area contributed by atoms with Gasteiger partial charge in [0.2, 0.25) is 0 Å². The van der Waals surface area contributed by atoms with Gasteiger partial charge in [-0.3, -0.25) is 4.79 Å². The molecule has 0 atom stereocenters. The van der Waals surface area contributed by atoms with Crippen molar-refractivity contribution >= 4 is 44.6 Å². The number of aromatic nitrogens is 1. The van der Waals surface area contributed by atoms with Crippen LogP contribution in [0.2, 0.25) is 0 Å². The summed E-state index contributed by atoms with van der Waals surface area (Å²) in [6, 6.07) is 11.8. The Kier molecular flexibility index (Phi) is 4.38. The van der Waals surface area contributed by atoms with Gasteiger partial charge in [0.05, 0.1) is 5.56 Å². The van der Waals surface area contributed by atoms with Crippen LogP contribution in [0.5, 0.6) is 0 Å². The summed E-state index contributed by atoms with van der Waals surface area (Å²) >= 11 is 3.31. The van der Waals surface area contributed by atoms with Crippen LogP contribution in [0, 0.1) is 0 Å². The highest BCUT2D eigenvalue weighted by molar-refractivity contribution is 9.10. The minimum absolute atomic E-state index is 0.297. The lowest BCUT2D eigenvalue weighted by Gasteiger charge is -2.06. The van der Waals surface area contributed by atoms with Gasteiger partial charge in [-0.25, -0.2) is 9.78 Å². The van der Waals surface area contributed by atoms with Crippen LogP contribution in [0.25, 0.3) is 11.1 Å². The van der Waals surface area contributed by atoms with Gasteiger partial charge in [0, 0.05) is 10.2 Å². The predicted molar refractivity (Wildman–Crippen MR) is 87.1 cm³/mol. The highest BCUT2D eigenvalue weighted by atomic mass is 79.9. The molecule has 0 unspecified atom stereocenters. The Labute approximate surface area is 139 Å². The molecule has 116 valence electrons. The van der Waals surface area contributed by atoms with Crippen LogP contribution in [0.1, 0.15) is 10.4 Å². The highest BCUT2D eigenvalue weighted by Crippen LogP contribution is 2.16. The number of rotatable bonds is 4. The third-order valence-corrected chi connectivity index (χ3v) is 3.56. The summed E-state index contributed by atoms with van der Waals surface area (Å²) in [5, 5.41) is 2.64. The number of nitrogens with one attached hydrogen (secondary N) is 1. The van der Waals surface area contributed by atoms with Gasteiger partial charge >= 0.3 is 5.97 Å². The number of hydrogen-bond donors (Lipinski definition) is 1. The van der Waals surface area contributed by atoms with E-state index < -0.39 is 11.9 Å². The molecule has 0 bridgehead atoms. The molecule has 0 aliphatic rings. The molecule has 23 heavy (non-hydrogen) atoms. The molecule has 0 spiro atoms. The maximum Gasteiger partial charge on any atom is 0.338 e. The van der Waals surface area contributed by atoms with Gasteiger partial charge in [-0.2, -0.15) is 0 Å². The third-order valence-electron chi connectivity index (χ3n) is 3.03. The van der Waals surface area contributed by atoms with Crippen molar-refractivity contribution < 1.29 is 18.7 Å². The summed E-state index contributed by atoms with van der Waals surface area (Å²) in [5.41, 5.74) is 2.05. The maximum absolute atomic E-state index is 11.9. The summed E-state index contributed by atoms with van der Waals surface area (Å²) in [5.74, 6) is -1.02. The zero-order chi connectivity index (χ0) is 16.2. The van der Waals surface area contributed by atoms with Gasteiger partial charge in [-0.05, 0) is 42.5 Å². The van der Waals surface area contributed by atoms with Gasteiger partial charge in [0.25, 0.3) is 5.91 Å². The fraction of sp³-hybridized carbons (Fsp3) is 0.0625. The minimum Gasteiger partial charge on any atom is -0.452 e. The van der Waals surface area contributed by atoms with Crippen LogP contribution in [0.3, 0.4) is 0 Å². The van der Waals surface area contributed by atoms with Crippen molar-refractivity contribution in [2.75, 3.05) is 11.9 Å². The molecule has 1 amide bonds. The van der Waals surface area contributed by atoms with Gasteiger partial charge in [-0.15, -0.1) is 0 Å². The first-order chi connectivity index (χ1) is 11.1. The standard InChI is InChI=1S/C16H11BrN2O4/c17-11-2-4-12(5-3-11)19-15(20)8-22-16(21)10-1-6-13-14(7-10)23-9-18-13/h1-7,9H,8H2,(H,19,20). The number of halogens is 1. The first kappa shape index (κ1) is 15.2. The number of oxazole rings is 1. The van der Waals surface area contributed by atoms with Gasteiger partial charge < -0.3 is 14.5 Å². The molecule has 1 heterocycles. The fourth-order valence-electron chi connectivity index (χ4n) is 1.93. The van der Waals surface area contributed by atoms with Crippen molar-refractivity contribution in [2.24, 2.45) is 0 Å². The SMILES string of the molecule is O=C(COC(=O)c1ccc2ncoc2c1)Nc1ccc(Br)cc1. The Hall–Kier alpha value is -2.67. The van der Waals surface area contributed by atoms with Gasteiger partial charge in [0.1, 0.15) is 5.52 Å². The van der Waals surface area contributed by atoms with E-state index in [1.165, 1.54) is 12.5 Å². The largest absolute Gasteiger partial charge is 0.452 e. The first-order valence-electron chi connectivity index (χ1n) is 6.67. The number of esters is 1.